The number of benzene rings is 1. The Morgan fingerprint density at radius 2 is 1.83 bits per heavy atom. The van der Waals surface area contributed by atoms with Crippen LogP contribution in [-0.2, 0) is 16.0 Å². The zero-order chi connectivity index (χ0) is 13.5. The molecule has 2 N–H and O–H groups in total. The van der Waals surface area contributed by atoms with Gasteiger partial charge in [-0.1, -0.05) is 44.2 Å². The minimum atomic E-state index is -0.895. The Hall–Kier alpha value is -1.84. The largest absolute Gasteiger partial charge is 0.481 e. The molecule has 1 amide bonds. The number of carbonyl (C=O) groups excluding carboxylic acids is 1. The van der Waals surface area contributed by atoms with Gasteiger partial charge in [-0.2, -0.15) is 0 Å². The van der Waals surface area contributed by atoms with Gasteiger partial charge in [-0.3, -0.25) is 9.59 Å². The molecule has 4 heteroatoms. The van der Waals surface area contributed by atoms with Gasteiger partial charge in [0, 0.05) is 6.04 Å². The Balaban J connectivity index is 2.54. The second kappa shape index (κ2) is 6.79. The smallest absolute Gasteiger partial charge is 0.305 e. The third-order valence-electron chi connectivity index (χ3n) is 2.75. The van der Waals surface area contributed by atoms with Crippen molar-refractivity contribution in [3.05, 3.63) is 35.9 Å². The highest BCUT2D eigenvalue weighted by atomic mass is 16.4. The molecule has 4 nitrogen and oxygen atoms in total. The van der Waals surface area contributed by atoms with Crippen LogP contribution in [0.25, 0.3) is 0 Å². The summed E-state index contributed by atoms with van der Waals surface area (Å²) < 4.78 is 0. The van der Waals surface area contributed by atoms with E-state index in [0.29, 0.717) is 0 Å². The lowest BCUT2D eigenvalue weighted by molar-refractivity contribution is -0.138. The minimum Gasteiger partial charge on any atom is -0.481 e. The number of rotatable bonds is 6. The van der Waals surface area contributed by atoms with Crippen molar-refractivity contribution in [2.24, 2.45) is 5.92 Å². The van der Waals surface area contributed by atoms with Crippen molar-refractivity contribution < 1.29 is 14.7 Å². The van der Waals surface area contributed by atoms with Crippen molar-refractivity contribution in [1.29, 1.82) is 0 Å². The van der Waals surface area contributed by atoms with Gasteiger partial charge in [0.2, 0.25) is 5.91 Å². The van der Waals surface area contributed by atoms with E-state index >= 15 is 0 Å². The van der Waals surface area contributed by atoms with Gasteiger partial charge in [0.1, 0.15) is 0 Å². The highest BCUT2D eigenvalue weighted by Crippen LogP contribution is 2.07. The van der Waals surface area contributed by atoms with Crippen LogP contribution in [-0.4, -0.2) is 23.0 Å². The maximum Gasteiger partial charge on any atom is 0.305 e. The SMILES string of the molecule is CC(C)[C@H](CC(=O)O)NC(=O)Cc1ccccc1. The first-order chi connectivity index (χ1) is 8.49. The van der Waals surface area contributed by atoms with E-state index in [1.165, 1.54) is 0 Å². The number of hydrogen-bond donors (Lipinski definition) is 2. The highest BCUT2D eigenvalue weighted by molar-refractivity contribution is 5.79. The predicted molar refractivity (Wildman–Crippen MR) is 69.2 cm³/mol. The quantitative estimate of drug-likeness (QED) is 0.808. The maximum absolute atomic E-state index is 11.8. The van der Waals surface area contributed by atoms with Crippen molar-refractivity contribution >= 4 is 11.9 Å². The Kier molecular flexibility index (Phi) is 5.36. The van der Waals surface area contributed by atoms with Gasteiger partial charge in [-0.15, -0.1) is 0 Å². The van der Waals surface area contributed by atoms with Crippen LogP contribution >= 0.6 is 0 Å². The molecule has 0 aliphatic rings. The molecular weight excluding hydrogens is 230 g/mol. The molecule has 0 heterocycles. The van der Waals surface area contributed by atoms with Crippen LogP contribution < -0.4 is 5.32 Å². The summed E-state index contributed by atoms with van der Waals surface area (Å²) in [5.41, 5.74) is 0.924. The topological polar surface area (TPSA) is 66.4 Å². The Morgan fingerprint density at radius 3 is 2.33 bits per heavy atom. The predicted octanol–water partition coefficient (Wildman–Crippen LogP) is 1.84. The monoisotopic (exact) mass is 249 g/mol. The normalized spacial score (nSPS) is 12.2. The van der Waals surface area contributed by atoms with Crippen molar-refractivity contribution in [1.82, 2.24) is 5.32 Å². The van der Waals surface area contributed by atoms with Gasteiger partial charge in [-0.05, 0) is 11.5 Å². The molecule has 0 unspecified atom stereocenters. The van der Waals surface area contributed by atoms with Gasteiger partial charge in [0.05, 0.1) is 12.8 Å². The molecule has 18 heavy (non-hydrogen) atoms. The number of hydrogen-bond acceptors (Lipinski definition) is 2. The van der Waals surface area contributed by atoms with Crippen LogP contribution in [0.1, 0.15) is 25.8 Å². The average Bonchev–Trinajstić information content (AvgIpc) is 2.28. The summed E-state index contributed by atoms with van der Waals surface area (Å²) in [6.07, 6.45) is 0.238. The fourth-order valence-electron chi connectivity index (χ4n) is 1.68. The maximum atomic E-state index is 11.8. The van der Waals surface area contributed by atoms with Crippen LogP contribution in [0.2, 0.25) is 0 Å². The summed E-state index contributed by atoms with van der Waals surface area (Å²) in [4.78, 5) is 22.5. The lowest BCUT2D eigenvalue weighted by Crippen LogP contribution is -2.40. The summed E-state index contributed by atoms with van der Waals surface area (Å²) in [6.45, 7) is 3.80. The van der Waals surface area contributed by atoms with Crippen LogP contribution in [0, 0.1) is 5.92 Å². The molecule has 1 rings (SSSR count). The molecule has 0 aliphatic heterocycles. The highest BCUT2D eigenvalue weighted by Gasteiger charge is 2.19. The molecule has 0 fully saturated rings. The number of amides is 1. The lowest BCUT2D eigenvalue weighted by Gasteiger charge is -2.20. The molecule has 0 aromatic heterocycles. The number of aliphatic carboxylic acids is 1. The molecule has 1 aromatic rings. The summed E-state index contributed by atoms with van der Waals surface area (Å²) in [5.74, 6) is -0.935. The molecular formula is C14H19NO3. The molecule has 98 valence electrons. The van der Waals surface area contributed by atoms with Gasteiger partial charge < -0.3 is 10.4 Å². The van der Waals surface area contributed by atoms with Crippen molar-refractivity contribution in [3.8, 4) is 0 Å². The summed E-state index contributed by atoms with van der Waals surface area (Å²) in [7, 11) is 0. The molecule has 0 spiro atoms. The third-order valence-corrected chi connectivity index (χ3v) is 2.75. The summed E-state index contributed by atoms with van der Waals surface area (Å²) in [6, 6.07) is 9.07. The van der Waals surface area contributed by atoms with Gasteiger partial charge in [0.15, 0.2) is 0 Å². The minimum absolute atomic E-state index is 0.0435. The van der Waals surface area contributed by atoms with Crippen LogP contribution in [0.3, 0.4) is 0 Å². The van der Waals surface area contributed by atoms with E-state index in [-0.39, 0.29) is 30.7 Å². The van der Waals surface area contributed by atoms with E-state index in [1.807, 2.05) is 44.2 Å². The standard InChI is InChI=1S/C14H19NO3/c1-10(2)12(9-14(17)18)15-13(16)8-11-6-4-3-5-7-11/h3-7,10,12H,8-9H2,1-2H3,(H,15,16)(H,17,18)/t12-/m0/s1. The van der Waals surface area contributed by atoms with Crippen molar-refractivity contribution in [2.45, 2.75) is 32.7 Å². The lowest BCUT2D eigenvalue weighted by atomic mass is 10.0. The molecule has 0 saturated carbocycles. The van der Waals surface area contributed by atoms with Gasteiger partial charge >= 0.3 is 5.97 Å². The zero-order valence-electron chi connectivity index (χ0n) is 10.7. The Morgan fingerprint density at radius 1 is 1.22 bits per heavy atom. The molecule has 1 atom stereocenters. The van der Waals surface area contributed by atoms with Gasteiger partial charge in [0.25, 0.3) is 0 Å². The first-order valence-electron chi connectivity index (χ1n) is 6.04. The Bertz CT molecular complexity index is 401. The molecule has 1 aromatic carbocycles. The Labute approximate surface area is 107 Å². The first kappa shape index (κ1) is 14.2. The zero-order valence-corrected chi connectivity index (χ0v) is 10.7. The number of carbonyl (C=O) groups is 2. The van der Waals surface area contributed by atoms with E-state index in [4.69, 9.17) is 5.11 Å². The van der Waals surface area contributed by atoms with Crippen LogP contribution in [0.4, 0.5) is 0 Å². The number of carboxylic acid groups (broad SMARTS) is 1. The van der Waals surface area contributed by atoms with E-state index in [1.54, 1.807) is 0 Å². The first-order valence-corrected chi connectivity index (χ1v) is 6.04. The number of carboxylic acids is 1. The van der Waals surface area contributed by atoms with E-state index < -0.39 is 5.97 Å². The van der Waals surface area contributed by atoms with Crippen molar-refractivity contribution in [2.75, 3.05) is 0 Å². The van der Waals surface area contributed by atoms with Crippen LogP contribution in [0.5, 0.6) is 0 Å². The molecule has 0 aliphatic carbocycles. The molecule has 0 saturated heterocycles. The second-order valence-corrected chi connectivity index (χ2v) is 4.68. The third kappa shape index (κ3) is 4.99. The molecule has 0 bridgehead atoms. The van der Waals surface area contributed by atoms with E-state index in [9.17, 15) is 9.59 Å². The fourth-order valence-corrected chi connectivity index (χ4v) is 1.68. The average molecular weight is 249 g/mol. The summed E-state index contributed by atoms with van der Waals surface area (Å²) in [5, 5.41) is 11.6. The van der Waals surface area contributed by atoms with E-state index in [0.717, 1.165) is 5.56 Å². The summed E-state index contributed by atoms with van der Waals surface area (Å²) >= 11 is 0. The second-order valence-electron chi connectivity index (χ2n) is 4.68. The van der Waals surface area contributed by atoms with E-state index in [2.05, 4.69) is 5.32 Å². The van der Waals surface area contributed by atoms with Crippen molar-refractivity contribution in [3.63, 3.8) is 0 Å². The number of nitrogens with one attached hydrogen (secondary N) is 1. The fraction of sp³-hybridized carbons (Fsp3) is 0.429. The van der Waals surface area contributed by atoms with Crippen LogP contribution in [0.15, 0.2) is 30.3 Å². The van der Waals surface area contributed by atoms with Gasteiger partial charge in [-0.25, -0.2) is 0 Å². The molecule has 0 radical (unpaired) electrons.